The van der Waals surface area contributed by atoms with Crippen molar-refractivity contribution in [2.24, 2.45) is 0 Å². The maximum Gasteiger partial charge on any atom is 0.164 e. The molecule has 170 valence electrons. The van der Waals surface area contributed by atoms with Crippen LogP contribution in [0.2, 0.25) is 0 Å². The molecule has 0 heterocycles. The molecule has 2 atom stereocenters. The smallest absolute Gasteiger partial charge is 0.164 e. The van der Waals surface area contributed by atoms with Gasteiger partial charge in [-0.05, 0) is 48.9 Å². The molecule has 2 aliphatic carbocycles. The third-order valence-corrected chi connectivity index (χ3v) is 6.98. The highest BCUT2D eigenvalue weighted by Crippen LogP contribution is 2.48. The number of benzene rings is 2. The minimum atomic E-state index is 0.245. The monoisotopic (exact) mass is 434 g/mol. The van der Waals surface area contributed by atoms with Gasteiger partial charge in [-0.25, -0.2) is 0 Å². The molecule has 0 spiro atoms. The molecule has 2 aromatic carbocycles. The van der Waals surface area contributed by atoms with Crippen molar-refractivity contribution in [1.82, 2.24) is 0 Å². The Morgan fingerprint density at radius 2 is 1.00 bits per heavy atom. The van der Waals surface area contributed by atoms with Crippen molar-refractivity contribution >= 4 is 11.5 Å². The molecule has 0 N–H and O–H groups in total. The number of ether oxygens (including phenoxy) is 4. The van der Waals surface area contributed by atoms with Gasteiger partial charge in [-0.3, -0.25) is 0 Å². The molecule has 0 amide bonds. The molecule has 4 heteroatoms. The lowest BCUT2D eigenvalue weighted by atomic mass is 9.89. The SMILES string of the molecule is COC1=C(OC)C(CCCCC2C(OC)=C(OC)c3c(C)cccc32)c2cccc(C)c21. The Labute approximate surface area is 191 Å². The van der Waals surface area contributed by atoms with Gasteiger partial charge in [0.05, 0.1) is 28.4 Å². The summed E-state index contributed by atoms with van der Waals surface area (Å²) in [4.78, 5) is 0. The average Bonchev–Trinajstić information content (AvgIpc) is 3.29. The predicted molar refractivity (Wildman–Crippen MR) is 128 cm³/mol. The van der Waals surface area contributed by atoms with E-state index in [0.717, 1.165) is 48.7 Å². The van der Waals surface area contributed by atoms with E-state index in [0.29, 0.717) is 0 Å². The molecule has 2 unspecified atom stereocenters. The Bertz CT molecular complexity index is 978. The fraction of sp³-hybridized carbons (Fsp3) is 0.429. The van der Waals surface area contributed by atoms with Gasteiger partial charge in [-0.1, -0.05) is 49.2 Å². The summed E-state index contributed by atoms with van der Waals surface area (Å²) in [5, 5.41) is 0. The van der Waals surface area contributed by atoms with Crippen LogP contribution in [0.25, 0.3) is 11.5 Å². The van der Waals surface area contributed by atoms with Gasteiger partial charge in [-0.2, -0.15) is 0 Å². The lowest BCUT2D eigenvalue weighted by Gasteiger charge is -2.18. The highest BCUT2D eigenvalue weighted by atomic mass is 16.5. The number of allylic oxidation sites excluding steroid dienone is 2. The topological polar surface area (TPSA) is 36.9 Å². The zero-order valence-corrected chi connectivity index (χ0v) is 20.1. The van der Waals surface area contributed by atoms with Gasteiger partial charge in [0.25, 0.3) is 0 Å². The minimum Gasteiger partial charge on any atom is -0.497 e. The van der Waals surface area contributed by atoms with E-state index in [1.165, 1.54) is 33.4 Å². The lowest BCUT2D eigenvalue weighted by molar-refractivity contribution is 0.240. The Morgan fingerprint density at radius 1 is 0.594 bits per heavy atom. The van der Waals surface area contributed by atoms with E-state index in [9.17, 15) is 0 Å². The van der Waals surface area contributed by atoms with Crippen molar-refractivity contribution in [3.8, 4) is 0 Å². The molecule has 0 aliphatic heterocycles. The van der Waals surface area contributed by atoms with Gasteiger partial charge in [-0.15, -0.1) is 0 Å². The summed E-state index contributed by atoms with van der Waals surface area (Å²) in [5.74, 6) is 4.18. The largest absolute Gasteiger partial charge is 0.497 e. The first-order valence-corrected chi connectivity index (χ1v) is 11.4. The molecule has 4 rings (SSSR count). The van der Waals surface area contributed by atoms with E-state index in [4.69, 9.17) is 18.9 Å². The van der Waals surface area contributed by atoms with Crippen LogP contribution in [0, 0.1) is 13.8 Å². The van der Waals surface area contributed by atoms with Gasteiger partial charge in [0.2, 0.25) is 0 Å². The Kier molecular flexibility index (Phi) is 6.50. The van der Waals surface area contributed by atoms with Crippen LogP contribution in [0.4, 0.5) is 0 Å². The third-order valence-electron chi connectivity index (χ3n) is 6.98. The van der Waals surface area contributed by atoms with Crippen molar-refractivity contribution in [1.29, 1.82) is 0 Å². The van der Waals surface area contributed by atoms with Gasteiger partial charge in [0.1, 0.15) is 11.5 Å². The van der Waals surface area contributed by atoms with Crippen molar-refractivity contribution in [3.05, 3.63) is 81.3 Å². The fourth-order valence-corrected chi connectivity index (χ4v) is 5.57. The molecule has 0 saturated carbocycles. The molecule has 2 aromatic rings. The molecule has 0 bridgehead atoms. The van der Waals surface area contributed by atoms with Crippen molar-refractivity contribution < 1.29 is 18.9 Å². The molecular weight excluding hydrogens is 400 g/mol. The standard InChI is InChI=1S/C28H34O4/c1-17-11-9-15-19-21(25(29-3)27(31-5)23(17)19)13-7-8-14-22-20-16-10-12-18(2)24(20)28(32-6)26(22)30-4/h9-12,15-16,21-22H,7-8,13-14H2,1-6H3. The maximum atomic E-state index is 5.83. The van der Waals surface area contributed by atoms with Crippen molar-refractivity contribution in [2.75, 3.05) is 28.4 Å². The van der Waals surface area contributed by atoms with Crippen molar-refractivity contribution in [2.45, 2.75) is 51.4 Å². The number of fused-ring (bicyclic) bond motifs is 2. The lowest BCUT2D eigenvalue weighted by Crippen LogP contribution is -2.04. The van der Waals surface area contributed by atoms with Crippen LogP contribution in [-0.2, 0) is 18.9 Å². The normalized spacial score (nSPS) is 19.2. The number of methoxy groups -OCH3 is 4. The summed E-state index contributed by atoms with van der Waals surface area (Å²) in [5.41, 5.74) is 7.50. The summed E-state index contributed by atoms with van der Waals surface area (Å²) in [7, 11) is 6.97. The van der Waals surface area contributed by atoms with Crippen LogP contribution >= 0.6 is 0 Å². The summed E-state index contributed by atoms with van der Waals surface area (Å²) in [6.45, 7) is 4.28. The number of aryl methyl sites for hydroxylation is 2. The summed E-state index contributed by atoms with van der Waals surface area (Å²) >= 11 is 0. The Morgan fingerprint density at radius 3 is 1.34 bits per heavy atom. The van der Waals surface area contributed by atoms with E-state index >= 15 is 0 Å². The number of hydrogen-bond donors (Lipinski definition) is 0. The van der Waals surface area contributed by atoms with E-state index in [1.807, 2.05) is 0 Å². The van der Waals surface area contributed by atoms with E-state index in [-0.39, 0.29) is 11.8 Å². The highest BCUT2D eigenvalue weighted by Gasteiger charge is 2.36. The quantitative estimate of drug-likeness (QED) is 0.413. The van der Waals surface area contributed by atoms with Crippen LogP contribution in [0.3, 0.4) is 0 Å². The molecular formula is C28H34O4. The van der Waals surface area contributed by atoms with E-state index in [1.54, 1.807) is 28.4 Å². The molecule has 4 nitrogen and oxygen atoms in total. The van der Waals surface area contributed by atoms with Crippen LogP contribution < -0.4 is 0 Å². The van der Waals surface area contributed by atoms with Gasteiger partial charge < -0.3 is 18.9 Å². The van der Waals surface area contributed by atoms with Crippen LogP contribution in [0.15, 0.2) is 47.9 Å². The van der Waals surface area contributed by atoms with E-state index in [2.05, 4.69) is 50.2 Å². The fourth-order valence-electron chi connectivity index (χ4n) is 5.57. The van der Waals surface area contributed by atoms with E-state index < -0.39 is 0 Å². The Hall–Kier alpha value is -2.88. The second-order valence-corrected chi connectivity index (χ2v) is 8.67. The van der Waals surface area contributed by atoms with Gasteiger partial charge in [0.15, 0.2) is 11.5 Å². The number of hydrogen-bond acceptors (Lipinski definition) is 4. The molecule has 0 aromatic heterocycles. The molecule has 2 aliphatic rings. The Balaban J connectivity index is 1.50. The predicted octanol–water partition coefficient (Wildman–Crippen LogP) is 6.68. The molecule has 32 heavy (non-hydrogen) atoms. The number of rotatable bonds is 9. The minimum absolute atomic E-state index is 0.245. The molecule has 0 saturated heterocycles. The summed E-state index contributed by atoms with van der Waals surface area (Å²) in [6, 6.07) is 13.0. The van der Waals surface area contributed by atoms with Gasteiger partial charge in [0, 0.05) is 23.0 Å². The molecule has 0 fully saturated rings. The highest BCUT2D eigenvalue weighted by molar-refractivity contribution is 5.76. The third kappa shape index (κ3) is 3.56. The first-order valence-electron chi connectivity index (χ1n) is 11.4. The second kappa shape index (κ2) is 9.32. The summed E-state index contributed by atoms with van der Waals surface area (Å²) in [6.07, 6.45) is 4.25. The summed E-state index contributed by atoms with van der Waals surface area (Å²) < 4.78 is 23.2. The first kappa shape index (κ1) is 22.3. The van der Waals surface area contributed by atoms with Crippen LogP contribution in [0.5, 0.6) is 0 Å². The second-order valence-electron chi connectivity index (χ2n) is 8.67. The zero-order chi connectivity index (χ0) is 22.8. The molecule has 0 radical (unpaired) electrons. The van der Waals surface area contributed by atoms with Crippen molar-refractivity contribution in [3.63, 3.8) is 0 Å². The first-order chi connectivity index (χ1) is 15.6. The zero-order valence-electron chi connectivity index (χ0n) is 20.1. The van der Waals surface area contributed by atoms with Crippen LogP contribution in [-0.4, -0.2) is 28.4 Å². The van der Waals surface area contributed by atoms with Crippen LogP contribution in [0.1, 0.15) is 70.9 Å². The average molecular weight is 435 g/mol. The number of unbranched alkanes of at least 4 members (excludes halogenated alkanes) is 1. The maximum absolute atomic E-state index is 5.83. The van der Waals surface area contributed by atoms with Gasteiger partial charge >= 0.3 is 0 Å².